The van der Waals surface area contributed by atoms with Gasteiger partial charge in [0.25, 0.3) is 0 Å². The molecule has 1 aliphatic heterocycles. The highest BCUT2D eigenvalue weighted by molar-refractivity contribution is 5.29. The minimum Gasteiger partial charge on any atom is -0.341 e. The van der Waals surface area contributed by atoms with Gasteiger partial charge in [-0.05, 0) is 31.9 Å². The third-order valence-corrected chi connectivity index (χ3v) is 4.12. The van der Waals surface area contributed by atoms with E-state index in [1.807, 2.05) is 24.0 Å². The first-order valence-corrected chi connectivity index (χ1v) is 7.50. The summed E-state index contributed by atoms with van der Waals surface area (Å²) >= 11 is 0. The average Bonchev–Trinajstić information content (AvgIpc) is 2.95. The van der Waals surface area contributed by atoms with Crippen LogP contribution in [0.25, 0.3) is 0 Å². The van der Waals surface area contributed by atoms with Crippen LogP contribution in [0.4, 0.5) is 5.95 Å². The highest BCUT2D eigenvalue weighted by Crippen LogP contribution is 2.19. The van der Waals surface area contributed by atoms with E-state index in [4.69, 9.17) is 0 Å². The zero-order valence-electron chi connectivity index (χ0n) is 12.6. The van der Waals surface area contributed by atoms with Gasteiger partial charge in [-0.1, -0.05) is 0 Å². The topological polar surface area (TPSA) is 58.9 Å². The molecular weight excluding hydrogens is 264 g/mol. The lowest BCUT2D eigenvalue weighted by Crippen LogP contribution is -2.44. The van der Waals surface area contributed by atoms with Crippen LogP contribution in [-0.2, 0) is 7.05 Å². The molecule has 112 valence electrons. The summed E-state index contributed by atoms with van der Waals surface area (Å²) in [4.78, 5) is 10.9. The molecule has 1 unspecified atom stereocenters. The third kappa shape index (κ3) is 3.21. The van der Waals surface area contributed by atoms with Gasteiger partial charge < -0.3 is 10.2 Å². The van der Waals surface area contributed by atoms with Gasteiger partial charge in [0, 0.05) is 50.8 Å². The summed E-state index contributed by atoms with van der Waals surface area (Å²) in [5, 5.41) is 7.94. The molecule has 3 rings (SSSR count). The summed E-state index contributed by atoms with van der Waals surface area (Å²) in [5.74, 6) is 0.843. The van der Waals surface area contributed by atoms with E-state index in [1.165, 1.54) is 5.69 Å². The maximum atomic E-state index is 4.32. The van der Waals surface area contributed by atoms with Crippen LogP contribution in [0.15, 0.2) is 30.7 Å². The minimum absolute atomic E-state index is 0.321. The molecule has 0 radical (unpaired) electrons. The first kappa shape index (κ1) is 14.0. The smallest absolute Gasteiger partial charge is 0.225 e. The van der Waals surface area contributed by atoms with E-state index in [9.17, 15) is 0 Å². The van der Waals surface area contributed by atoms with Gasteiger partial charge >= 0.3 is 0 Å². The van der Waals surface area contributed by atoms with E-state index in [1.54, 1.807) is 12.4 Å². The van der Waals surface area contributed by atoms with Gasteiger partial charge in [-0.2, -0.15) is 5.10 Å². The first-order chi connectivity index (χ1) is 10.2. The summed E-state index contributed by atoms with van der Waals surface area (Å²) in [5.41, 5.74) is 1.23. The van der Waals surface area contributed by atoms with E-state index in [0.29, 0.717) is 12.1 Å². The van der Waals surface area contributed by atoms with Crippen LogP contribution in [0, 0.1) is 0 Å². The second kappa shape index (κ2) is 6.22. The van der Waals surface area contributed by atoms with Crippen molar-refractivity contribution in [3.63, 3.8) is 0 Å². The molecule has 1 atom stereocenters. The Kier molecular flexibility index (Phi) is 4.15. The Morgan fingerprint density at radius 3 is 2.52 bits per heavy atom. The second-order valence-corrected chi connectivity index (χ2v) is 5.58. The zero-order valence-corrected chi connectivity index (χ0v) is 12.6. The van der Waals surface area contributed by atoms with Crippen molar-refractivity contribution in [2.45, 2.75) is 31.8 Å². The summed E-state index contributed by atoms with van der Waals surface area (Å²) in [6.45, 7) is 4.20. The number of aromatic nitrogens is 4. The Balaban J connectivity index is 1.53. The Bertz CT molecular complexity index is 559. The van der Waals surface area contributed by atoms with Gasteiger partial charge in [0.1, 0.15) is 0 Å². The van der Waals surface area contributed by atoms with Crippen LogP contribution >= 0.6 is 0 Å². The summed E-state index contributed by atoms with van der Waals surface area (Å²) in [6, 6.07) is 4.79. The number of nitrogens with zero attached hydrogens (tertiary/aromatic N) is 5. The van der Waals surface area contributed by atoms with Crippen molar-refractivity contribution in [3.8, 4) is 0 Å². The predicted octanol–water partition coefficient (Wildman–Crippen LogP) is 1.53. The van der Waals surface area contributed by atoms with E-state index in [-0.39, 0.29) is 0 Å². The van der Waals surface area contributed by atoms with Gasteiger partial charge in [0.2, 0.25) is 5.95 Å². The van der Waals surface area contributed by atoms with Crippen molar-refractivity contribution in [2.75, 3.05) is 18.0 Å². The molecule has 6 heteroatoms. The fourth-order valence-electron chi connectivity index (χ4n) is 2.95. The molecule has 1 aliphatic rings. The molecule has 6 nitrogen and oxygen atoms in total. The summed E-state index contributed by atoms with van der Waals surface area (Å²) < 4.78 is 1.94. The normalized spacial score (nSPS) is 17.9. The highest BCUT2D eigenvalue weighted by atomic mass is 15.3. The van der Waals surface area contributed by atoms with Crippen LogP contribution < -0.4 is 10.2 Å². The summed E-state index contributed by atoms with van der Waals surface area (Å²) in [6.07, 6.45) is 7.68. The second-order valence-electron chi connectivity index (χ2n) is 5.58. The molecule has 2 aromatic heterocycles. The number of aryl methyl sites for hydroxylation is 1. The molecule has 1 saturated heterocycles. The maximum Gasteiger partial charge on any atom is 0.225 e. The maximum absolute atomic E-state index is 4.32. The highest BCUT2D eigenvalue weighted by Gasteiger charge is 2.22. The van der Waals surface area contributed by atoms with Crippen molar-refractivity contribution in [1.29, 1.82) is 0 Å². The Morgan fingerprint density at radius 1 is 1.19 bits per heavy atom. The van der Waals surface area contributed by atoms with E-state index in [2.05, 4.69) is 38.3 Å². The van der Waals surface area contributed by atoms with Crippen molar-refractivity contribution in [1.82, 2.24) is 25.1 Å². The van der Waals surface area contributed by atoms with Crippen LogP contribution in [0.3, 0.4) is 0 Å². The van der Waals surface area contributed by atoms with E-state index < -0.39 is 0 Å². The molecule has 0 aliphatic carbocycles. The number of rotatable bonds is 4. The number of anilines is 1. The SMILES string of the molecule is CC(NC1CCN(c2ncccn2)CC1)c1ccnn1C. The molecular formula is C15H22N6. The zero-order chi connectivity index (χ0) is 14.7. The lowest BCUT2D eigenvalue weighted by atomic mass is 10.0. The molecule has 2 aromatic rings. The van der Waals surface area contributed by atoms with E-state index in [0.717, 1.165) is 31.9 Å². The quantitative estimate of drug-likeness (QED) is 0.923. The Labute approximate surface area is 125 Å². The van der Waals surface area contributed by atoms with Gasteiger partial charge in [0.15, 0.2) is 0 Å². The van der Waals surface area contributed by atoms with Crippen molar-refractivity contribution < 1.29 is 0 Å². The lowest BCUT2D eigenvalue weighted by molar-refractivity contribution is 0.370. The van der Waals surface area contributed by atoms with Crippen LogP contribution in [0.2, 0.25) is 0 Å². The predicted molar refractivity (Wildman–Crippen MR) is 82.0 cm³/mol. The van der Waals surface area contributed by atoms with E-state index >= 15 is 0 Å². The monoisotopic (exact) mass is 286 g/mol. The number of piperidine rings is 1. The van der Waals surface area contributed by atoms with Gasteiger partial charge in [-0.3, -0.25) is 4.68 Å². The summed E-state index contributed by atoms with van der Waals surface area (Å²) in [7, 11) is 1.99. The molecule has 21 heavy (non-hydrogen) atoms. The molecule has 1 fully saturated rings. The van der Waals surface area contributed by atoms with Crippen molar-refractivity contribution >= 4 is 5.95 Å². The number of nitrogens with one attached hydrogen (secondary N) is 1. The van der Waals surface area contributed by atoms with Crippen LogP contribution in [-0.4, -0.2) is 38.9 Å². The average molecular weight is 286 g/mol. The van der Waals surface area contributed by atoms with Crippen molar-refractivity contribution in [2.24, 2.45) is 7.05 Å². The molecule has 3 heterocycles. The third-order valence-electron chi connectivity index (χ3n) is 4.12. The molecule has 0 bridgehead atoms. The fraction of sp³-hybridized carbons (Fsp3) is 0.533. The largest absolute Gasteiger partial charge is 0.341 e. The lowest BCUT2D eigenvalue weighted by Gasteiger charge is -2.33. The molecule has 0 aromatic carbocycles. The number of hydrogen-bond acceptors (Lipinski definition) is 5. The standard InChI is InChI=1S/C15H22N6/c1-12(14-4-9-18-20(14)2)19-13-5-10-21(11-6-13)15-16-7-3-8-17-15/h3-4,7-9,12-13,19H,5-6,10-11H2,1-2H3. The molecule has 1 N–H and O–H groups in total. The Hall–Kier alpha value is -1.95. The van der Waals surface area contributed by atoms with Crippen LogP contribution in [0.5, 0.6) is 0 Å². The fourth-order valence-corrected chi connectivity index (χ4v) is 2.95. The van der Waals surface area contributed by atoms with Gasteiger partial charge in [0.05, 0.1) is 5.69 Å². The molecule has 0 amide bonds. The molecule has 0 saturated carbocycles. The first-order valence-electron chi connectivity index (χ1n) is 7.50. The van der Waals surface area contributed by atoms with Crippen molar-refractivity contribution in [3.05, 3.63) is 36.4 Å². The minimum atomic E-state index is 0.321. The molecule has 0 spiro atoms. The van der Waals surface area contributed by atoms with Gasteiger partial charge in [-0.15, -0.1) is 0 Å². The Morgan fingerprint density at radius 2 is 1.90 bits per heavy atom. The van der Waals surface area contributed by atoms with Crippen LogP contribution in [0.1, 0.15) is 31.5 Å². The van der Waals surface area contributed by atoms with Gasteiger partial charge in [-0.25, -0.2) is 9.97 Å². The number of hydrogen-bond donors (Lipinski definition) is 1.